The van der Waals surface area contributed by atoms with E-state index in [-0.39, 0.29) is 4.99 Å². The van der Waals surface area contributed by atoms with Crippen LogP contribution in [-0.4, -0.2) is 9.97 Å². The van der Waals surface area contributed by atoms with Gasteiger partial charge in [0.15, 0.2) is 0 Å². The predicted molar refractivity (Wildman–Crippen MR) is 83.6 cm³/mol. The molecule has 98 valence electrons. The van der Waals surface area contributed by atoms with Gasteiger partial charge in [0.2, 0.25) is 0 Å². The normalized spacial score (nSPS) is 10.2. The van der Waals surface area contributed by atoms with Crippen molar-refractivity contribution in [3.63, 3.8) is 0 Å². The highest BCUT2D eigenvalue weighted by atomic mass is 35.5. The lowest BCUT2D eigenvalue weighted by molar-refractivity contribution is 1.08. The van der Waals surface area contributed by atoms with Gasteiger partial charge in [-0.3, -0.25) is 4.98 Å². The summed E-state index contributed by atoms with van der Waals surface area (Å²) in [5, 5.41) is 3.86. The molecule has 3 N–H and O–H groups in total. The van der Waals surface area contributed by atoms with Crippen molar-refractivity contribution in [3.8, 4) is 0 Å². The van der Waals surface area contributed by atoms with Crippen LogP contribution in [0.25, 0.3) is 0 Å². The number of thiocarbonyl (C=S) groups is 1. The van der Waals surface area contributed by atoms with Gasteiger partial charge in [-0.1, -0.05) is 29.9 Å². The lowest BCUT2D eigenvalue weighted by atomic mass is 10.1. The first-order valence-corrected chi connectivity index (χ1v) is 6.60. The summed E-state index contributed by atoms with van der Waals surface area (Å²) in [6.07, 6.45) is 3.62. The molecule has 1 heterocycles. The summed E-state index contributed by atoms with van der Waals surface area (Å²) < 4.78 is 0. The number of aromatic nitrogens is 1. The number of anilines is 1. The number of pyridine rings is 1. The minimum atomic E-state index is 0.288. The summed E-state index contributed by atoms with van der Waals surface area (Å²) in [5.41, 5.74) is 9.53. The largest absolute Gasteiger partial charge is 0.389 e. The zero-order chi connectivity index (χ0) is 13.8. The van der Waals surface area contributed by atoms with Gasteiger partial charge in [0.05, 0.1) is 10.6 Å². The van der Waals surface area contributed by atoms with E-state index in [1.807, 2.05) is 31.3 Å². The monoisotopic (exact) mass is 291 g/mol. The molecule has 0 bridgehead atoms. The van der Waals surface area contributed by atoms with Crippen LogP contribution in [0.15, 0.2) is 36.7 Å². The zero-order valence-electron chi connectivity index (χ0n) is 10.5. The van der Waals surface area contributed by atoms with Gasteiger partial charge in [-0.25, -0.2) is 0 Å². The summed E-state index contributed by atoms with van der Waals surface area (Å²) >= 11 is 11.2. The van der Waals surface area contributed by atoms with Crippen LogP contribution in [0.1, 0.15) is 16.7 Å². The lowest BCUT2D eigenvalue weighted by Crippen LogP contribution is -2.14. The summed E-state index contributed by atoms with van der Waals surface area (Å²) in [6, 6.07) is 7.52. The topological polar surface area (TPSA) is 50.9 Å². The van der Waals surface area contributed by atoms with Crippen molar-refractivity contribution < 1.29 is 0 Å². The molecule has 0 fully saturated rings. The maximum atomic E-state index is 6.12. The molecular formula is C14H14ClN3S. The maximum Gasteiger partial charge on any atom is 0.107 e. The number of benzene rings is 1. The van der Waals surface area contributed by atoms with Gasteiger partial charge in [0, 0.05) is 24.6 Å². The Labute approximate surface area is 122 Å². The van der Waals surface area contributed by atoms with Gasteiger partial charge in [-0.2, -0.15) is 0 Å². The minimum Gasteiger partial charge on any atom is -0.389 e. The van der Waals surface area contributed by atoms with Crippen LogP contribution in [0, 0.1) is 6.92 Å². The van der Waals surface area contributed by atoms with E-state index < -0.39 is 0 Å². The Balaban J connectivity index is 2.23. The number of halogens is 1. The first-order chi connectivity index (χ1) is 9.09. The van der Waals surface area contributed by atoms with E-state index in [0.29, 0.717) is 17.1 Å². The molecule has 0 amide bonds. The van der Waals surface area contributed by atoms with E-state index in [1.165, 1.54) is 5.56 Å². The minimum absolute atomic E-state index is 0.288. The molecule has 0 saturated heterocycles. The van der Waals surface area contributed by atoms with Crippen molar-refractivity contribution in [2.75, 3.05) is 5.32 Å². The number of nitrogens with two attached hydrogens (primary N) is 1. The highest BCUT2D eigenvalue weighted by molar-refractivity contribution is 7.80. The molecule has 0 atom stereocenters. The quantitative estimate of drug-likeness (QED) is 0.849. The fraction of sp³-hybridized carbons (Fsp3) is 0.143. The van der Waals surface area contributed by atoms with Crippen LogP contribution >= 0.6 is 23.8 Å². The highest BCUT2D eigenvalue weighted by Crippen LogP contribution is 2.24. The Morgan fingerprint density at radius 2 is 2.21 bits per heavy atom. The lowest BCUT2D eigenvalue weighted by Gasteiger charge is -2.13. The molecule has 0 aliphatic carbocycles. The third-order valence-corrected chi connectivity index (χ3v) is 3.40. The van der Waals surface area contributed by atoms with Gasteiger partial charge >= 0.3 is 0 Å². The predicted octanol–water partition coefficient (Wildman–Crippen LogP) is 3.29. The van der Waals surface area contributed by atoms with E-state index >= 15 is 0 Å². The van der Waals surface area contributed by atoms with E-state index in [9.17, 15) is 0 Å². The van der Waals surface area contributed by atoms with Gasteiger partial charge in [-0.05, 0) is 36.2 Å². The van der Waals surface area contributed by atoms with Crippen molar-refractivity contribution in [2.24, 2.45) is 5.73 Å². The molecule has 0 unspecified atom stereocenters. The molecule has 5 heteroatoms. The number of hydrogen-bond donors (Lipinski definition) is 2. The average Bonchev–Trinajstić information content (AvgIpc) is 2.37. The van der Waals surface area contributed by atoms with Crippen LogP contribution in [0.5, 0.6) is 0 Å². The van der Waals surface area contributed by atoms with Gasteiger partial charge < -0.3 is 11.1 Å². The summed E-state index contributed by atoms with van der Waals surface area (Å²) in [7, 11) is 0. The van der Waals surface area contributed by atoms with E-state index in [4.69, 9.17) is 29.6 Å². The molecule has 1 aromatic carbocycles. The second-order valence-electron chi connectivity index (χ2n) is 4.18. The van der Waals surface area contributed by atoms with Crippen molar-refractivity contribution in [1.29, 1.82) is 0 Å². The van der Waals surface area contributed by atoms with Crippen molar-refractivity contribution in [2.45, 2.75) is 13.5 Å². The molecule has 19 heavy (non-hydrogen) atoms. The van der Waals surface area contributed by atoms with E-state index in [2.05, 4.69) is 10.3 Å². The highest BCUT2D eigenvalue weighted by Gasteiger charge is 2.09. The third kappa shape index (κ3) is 3.22. The van der Waals surface area contributed by atoms with Crippen LogP contribution in [-0.2, 0) is 6.54 Å². The van der Waals surface area contributed by atoms with E-state index in [0.717, 1.165) is 11.3 Å². The maximum absolute atomic E-state index is 6.12. The smallest absolute Gasteiger partial charge is 0.107 e. The molecule has 0 aliphatic heterocycles. The summed E-state index contributed by atoms with van der Waals surface area (Å²) in [5.74, 6) is 0. The SMILES string of the molecule is Cc1ccncc1CNc1cccc(Cl)c1C(N)=S. The molecule has 3 nitrogen and oxygen atoms in total. The Kier molecular flexibility index (Phi) is 4.35. The molecule has 0 saturated carbocycles. The summed E-state index contributed by atoms with van der Waals surface area (Å²) in [4.78, 5) is 4.40. The second kappa shape index (κ2) is 5.99. The molecule has 2 rings (SSSR count). The van der Waals surface area contributed by atoms with Crippen molar-refractivity contribution in [3.05, 3.63) is 58.4 Å². The Morgan fingerprint density at radius 3 is 2.89 bits per heavy atom. The fourth-order valence-electron chi connectivity index (χ4n) is 1.79. The number of hydrogen-bond acceptors (Lipinski definition) is 3. The third-order valence-electron chi connectivity index (χ3n) is 2.88. The van der Waals surface area contributed by atoms with Crippen molar-refractivity contribution >= 4 is 34.5 Å². The number of rotatable bonds is 4. The van der Waals surface area contributed by atoms with Crippen LogP contribution in [0.2, 0.25) is 5.02 Å². The number of nitrogens with one attached hydrogen (secondary N) is 1. The molecule has 1 aromatic heterocycles. The van der Waals surface area contributed by atoms with Crippen LogP contribution in [0.4, 0.5) is 5.69 Å². The first kappa shape index (κ1) is 13.8. The molecule has 2 aromatic rings. The van der Waals surface area contributed by atoms with Crippen LogP contribution in [0.3, 0.4) is 0 Å². The molecule has 0 aliphatic rings. The zero-order valence-corrected chi connectivity index (χ0v) is 12.1. The molecule has 0 spiro atoms. The number of nitrogens with zero attached hydrogens (tertiary/aromatic N) is 1. The summed E-state index contributed by atoms with van der Waals surface area (Å²) in [6.45, 7) is 2.70. The van der Waals surface area contributed by atoms with E-state index in [1.54, 1.807) is 12.3 Å². The van der Waals surface area contributed by atoms with Crippen molar-refractivity contribution in [1.82, 2.24) is 4.98 Å². The standard InChI is InChI=1S/C14H14ClN3S/c1-9-5-6-17-7-10(9)8-18-12-4-2-3-11(15)13(12)14(16)19/h2-7,18H,8H2,1H3,(H2,16,19). The second-order valence-corrected chi connectivity index (χ2v) is 5.03. The Bertz CT molecular complexity index is 613. The average molecular weight is 292 g/mol. The molecule has 0 radical (unpaired) electrons. The Morgan fingerprint density at radius 1 is 1.42 bits per heavy atom. The molecular weight excluding hydrogens is 278 g/mol. The van der Waals surface area contributed by atoms with Gasteiger partial charge in [0.25, 0.3) is 0 Å². The number of aryl methyl sites for hydroxylation is 1. The first-order valence-electron chi connectivity index (χ1n) is 5.81. The van der Waals surface area contributed by atoms with Gasteiger partial charge in [-0.15, -0.1) is 0 Å². The van der Waals surface area contributed by atoms with Crippen LogP contribution < -0.4 is 11.1 Å². The Hall–Kier alpha value is -1.65. The van der Waals surface area contributed by atoms with Gasteiger partial charge in [0.1, 0.15) is 4.99 Å². The fourth-order valence-corrected chi connectivity index (χ4v) is 2.35.